The molecule has 0 aromatic heterocycles. The number of aldehydes is 1. The van der Waals surface area contributed by atoms with Crippen LogP contribution < -0.4 is 0 Å². The summed E-state index contributed by atoms with van der Waals surface area (Å²) >= 11 is 0. The average molecular weight is 260 g/mol. The first-order chi connectivity index (χ1) is 7.22. The Morgan fingerprint density at radius 1 is 1.19 bits per heavy atom. The van der Waals surface area contributed by atoms with Gasteiger partial charge in [-0.15, -0.1) is 0 Å². The SMILES string of the molecule is O=C[C@H](OS(=O)(=O)O)[C@@H](O)[C@@H](O)[C@H](O)CO. The summed E-state index contributed by atoms with van der Waals surface area (Å²) in [7, 11) is -4.99. The van der Waals surface area contributed by atoms with Gasteiger partial charge in [0.2, 0.25) is 0 Å². The van der Waals surface area contributed by atoms with Crippen molar-refractivity contribution >= 4 is 16.7 Å². The Labute approximate surface area is 90.9 Å². The molecule has 0 heterocycles. The van der Waals surface area contributed by atoms with Crippen molar-refractivity contribution in [3.63, 3.8) is 0 Å². The highest BCUT2D eigenvalue weighted by Crippen LogP contribution is 2.08. The maximum atomic E-state index is 10.3. The highest BCUT2D eigenvalue weighted by Gasteiger charge is 2.34. The van der Waals surface area contributed by atoms with Crippen LogP contribution in [0.25, 0.3) is 0 Å². The molecule has 96 valence electrons. The molecule has 0 aliphatic carbocycles. The molecule has 0 fully saturated rings. The molecule has 0 rings (SSSR count). The molecule has 0 amide bonds. The van der Waals surface area contributed by atoms with Crippen LogP contribution in [-0.4, -0.2) is 70.7 Å². The minimum atomic E-state index is -4.99. The fraction of sp³-hybridized carbons (Fsp3) is 0.833. The van der Waals surface area contributed by atoms with Crippen molar-refractivity contribution in [2.75, 3.05) is 6.61 Å². The van der Waals surface area contributed by atoms with Gasteiger partial charge in [0, 0.05) is 0 Å². The van der Waals surface area contributed by atoms with E-state index in [-0.39, 0.29) is 6.29 Å². The third-order valence-electron chi connectivity index (χ3n) is 1.63. The number of aliphatic hydroxyl groups excluding tert-OH is 4. The molecule has 4 atom stereocenters. The molecular weight excluding hydrogens is 248 g/mol. The van der Waals surface area contributed by atoms with Gasteiger partial charge in [-0.2, -0.15) is 8.42 Å². The lowest BCUT2D eigenvalue weighted by Crippen LogP contribution is -2.47. The molecule has 5 N–H and O–H groups in total. The topological polar surface area (TPSA) is 162 Å². The Balaban J connectivity index is 4.65. The van der Waals surface area contributed by atoms with E-state index in [0.717, 1.165) is 0 Å². The first kappa shape index (κ1) is 15.4. The fourth-order valence-corrected chi connectivity index (χ4v) is 1.27. The quantitative estimate of drug-likeness (QED) is 0.230. The lowest BCUT2D eigenvalue weighted by molar-refractivity contribution is -0.133. The standard InChI is InChI=1S/C6H12O9S/c7-1-3(9)5(10)6(11)4(2-8)15-16(12,13)14/h2-7,9-11H,1H2,(H,12,13,14)/t3-,4+,5+,6-/m1/s1. The van der Waals surface area contributed by atoms with Crippen molar-refractivity contribution in [1.82, 2.24) is 0 Å². The average Bonchev–Trinajstić information content (AvgIpc) is 2.21. The van der Waals surface area contributed by atoms with Crippen molar-refractivity contribution in [2.24, 2.45) is 0 Å². The highest BCUT2D eigenvalue weighted by atomic mass is 32.3. The van der Waals surface area contributed by atoms with E-state index in [0.29, 0.717) is 0 Å². The normalized spacial score (nSPS) is 19.8. The van der Waals surface area contributed by atoms with Crippen LogP contribution in [0, 0.1) is 0 Å². The first-order valence-corrected chi connectivity index (χ1v) is 5.35. The summed E-state index contributed by atoms with van der Waals surface area (Å²) in [6.45, 7) is -0.921. The molecule has 0 aliphatic rings. The second kappa shape index (κ2) is 6.20. The van der Waals surface area contributed by atoms with Crippen molar-refractivity contribution in [2.45, 2.75) is 24.4 Å². The lowest BCUT2D eigenvalue weighted by Gasteiger charge is -2.24. The Hall–Kier alpha value is -0.620. The minimum Gasteiger partial charge on any atom is -0.394 e. The Morgan fingerprint density at radius 3 is 2.00 bits per heavy atom. The zero-order chi connectivity index (χ0) is 12.9. The lowest BCUT2D eigenvalue weighted by atomic mass is 10.0. The van der Waals surface area contributed by atoms with Gasteiger partial charge in [-0.05, 0) is 0 Å². The Morgan fingerprint density at radius 2 is 1.69 bits per heavy atom. The monoisotopic (exact) mass is 260 g/mol. The number of aliphatic hydroxyl groups is 4. The molecule has 9 nitrogen and oxygen atoms in total. The molecule has 16 heavy (non-hydrogen) atoms. The number of rotatable bonds is 7. The van der Waals surface area contributed by atoms with Crippen LogP contribution in [-0.2, 0) is 19.4 Å². The summed E-state index contributed by atoms with van der Waals surface area (Å²) in [5.41, 5.74) is 0. The van der Waals surface area contributed by atoms with Gasteiger partial charge >= 0.3 is 10.4 Å². The van der Waals surface area contributed by atoms with Crippen molar-refractivity contribution in [3.05, 3.63) is 0 Å². The van der Waals surface area contributed by atoms with Crippen molar-refractivity contribution < 1.29 is 42.4 Å². The van der Waals surface area contributed by atoms with Crippen LogP contribution in [0.1, 0.15) is 0 Å². The van der Waals surface area contributed by atoms with E-state index in [1.807, 2.05) is 0 Å². The van der Waals surface area contributed by atoms with Crippen LogP contribution in [0.2, 0.25) is 0 Å². The summed E-state index contributed by atoms with van der Waals surface area (Å²) in [6.07, 6.45) is -8.21. The number of carbonyl (C=O) groups excluding carboxylic acids is 1. The molecular formula is C6H12O9S. The Kier molecular flexibility index (Phi) is 5.96. The zero-order valence-corrected chi connectivity index (χ0v) is 8.69. The van der Waals surface area contributed by atoms with Gasteiger partial charge in [-0.3, -0.25) is 4.55 Å². The summed E-state index contributed by atoms with van der Waals surface area (Å²) in [5, 5.41) is 35.6. The van der Waals surface area contributed by atoms with Gasteiger partial charge in [0.1, 0.15) is 18.3 Å². The van der Waals surface area contributed by atoms with E-state index < -0.39 is 41.4 Å². The molecule has 0 saturated heterocycles. The van der Waals surface area contributed by atoms with Crippen LogP contribution >= 0.6 is 0 Å². The molecule has 10 heteroatoms. The molecule has 0 aliphatic heterocycles. The largest absolute Gasteiger partial charge is 0.398 e. The summed E-state index contributed by atoms with van der Waals surface area (Å²) < 4.78 is 32.4. The van der Waals surface area contributed by atoms with Crippen LogP contribution in [0.5, 0.6) is 0 Å². The highest BCUT2D eigenvalue weighted by molar-refractivity contribution is 7.80. The van der Waals surface area contributed by atoms with E-state index in [4.69, 9.17) is 19.9 Å². The molecule has 0 unspecified atom stereocenters. The van der Waals surface area contributed by atoms with E-state index >= 15 is 0 Å². The zero-order valence-electron chi connectivity index (χ0n) is 7.87. The number of hydrogen-bond donors (Lipinski definition) is 5. The molecule has 0 saturated carbocycles. The second-order valence-corrected chi connectivity index (χ2v) is 3.90. The molecule has 0 spiro atoms. The van der Waals surface area contributed by atoms with Gasteiger partial charge in [0.15, 0.2) is 12.4 Å². The number of carbonyl (C=O) groups is 1. The molecule has 0 aromatic carbocycles. The van der Waals surface area contributed by atoms with Crippen LogP contribution in [0.15, 0.2) is 0 Å². The maximum absolute atomic E-state index is 10.3. The van der Waals surface area contributed by atoms with Crippen LogP contribution in [0.4, 0.5) is 0 Å². The fourth-order valence-electron chi connectivity index (χ4n) is 0.830. The van der Waals surface area contributed by atoms with E-state index in [1.54, 1.807) is 0 Å². The molecule has 0 aromatic rings. The summed E-state index contributed by atoms with van der Waals surface area (Å²) in [6, 6.07) is 0. The van der Waals surface area contributed by atoms with Gasteiger partial charge in [0.05, 0.1) is 6.61 Å². The minimum absolute atomic E-state index is 0.189. The predicted molar refractivity (Wildman–Crippen MR) is 47.6 cm³/mol. The van der Waals surface area contributed by atoms with Gasteiger partial charge in [-0.25, -0.2) is 4.18 Å². The second-order valence-electron chi connectivity index (χ2n) is 2.86. The predicted octanol–water partition coefficient (Wildman–Crippen LogP) is -3.55. The van der Waals surface area contributed by atoms with Gasteiger partial charge < -0.3 is 25.2 Å². The van der Waals surface area contributed by atoms with Gasteiger partial charge in [0.25, 0.3) is 0 Å². The summed E-state index contributed by atoms with van der Waals surface area (Å²) in [4.78, 5) is 10.3. The third kappa shape index (κ3) is 4.94. The first-order valence-electron chi connectivity index (χ1n) is 3.99. The molecule has 0 bridgehead atoms. The summed E-state index contributed by atoms with van der Waals surface area (Å²) in [5.74, 6) is 0. The molecule has 0 radical (unpaired) electrons. The third-order valence-corrected chi connectivity index (χ3v) is 2.10. The smallest absolute Gasteiger partial charge is 0.394 e. The van der Waals surface area contributed by atoms with E-state index in [1.165, 1.54) is 0 Å². The van der Waals surface area contributed by atoms with Crippen molar-refractivity contribution in [1.29, 1.82) is 0 Å². The maximum Gasteiger partial charge on any atom is 0.398 e. The number of hydrogen-bond acceptors (Lipinski definition) is 8. The van der Waals surface area contributed by atoms with E-state index in [2.05, 4.69) is 4.18 Å². The van der Waals surface area contributed by atoms with Gasteiger partial charge in [-0.1, -0.05) is 0 Å². The Bertz CT molecular complexity index is 312. The van der Waals surface area contributed by atoms with Crippen LogP contribution in [0.3, 0.4) is 0 Å². The van der Waals surface area contributed by atoms with E-state index in [9.17, 15) is 18.3 Å². The van der Waals surface area contributed by atoms with Crippen molar-refractivity contribution in [3.8, 4) is 0 Å².